The molecule has 0 aliphatic heterocycles. The molecule has 0 radical (unpaired) electrons. The number of fused-ring (bicyclic) bond motifs is 1. The van der Waals surface area contributed by atoms with E-state index in [1.807, 2.05) is 6.07 Å². The smallest absolute Gasteiger partial charge is 0.335 e. The van der Waals surface area contributed by atoms with Gasteiger partial charge in [-0.25, -0.2) is 4.79 Å². The summed E-state index contributed by atoms with van der Waals surface area (Å²) in [5.74, 6) is 0.775. The molecule has 17 heavy (non-hydrogen) atoms. The lowest BCUT2D eigenvalue weighted by Crippen LogP contribution is -1.94. The van der Waals surface area contributed by atoms with Crippen molar-refractivity contribution in [2.75, 3.05) is 0 Å². The Morgan fingerprint density at radius 2 is 2.18 bits per heavy atom. The molecule has 2 aromatic rings. The molecule has 2 rings (SSSR count). The van der Waals surface area contributed by atoms with Gasteiger partial charge in [0.15, 0.2) is 0 Å². The summed E-state index contributed by atoms with van der Waals surface area (Å²) >= 11 is 1.80. The molecule has 1 N–H and O–H groups in total. The van der Waals surface area contributed by atoms with E-state index < -0.39 is 5.97 Å². The van der Waals surface area contributed by atoms with Crippen LogP contribution in [0, 0.1) is 0 Å². The Labute approximate surface area is 104 Å². The lowest BCUT2D eigenvalue weighted by molar-refractivity contribution is 0.0697. The standard InChI is InChI=1S/C13H14O3S/c1-8(2)17-7-11-5-9-3-4-10(13(14)15)6-12(9)16-11/h3-6,8H,7H2,1-2H3,(H,14,15). The van der Waals surface area contributed by atoms with Crippen LogP contribution in [0.2, 0.25) is 0 Å². The first kappa shape index (κ1) is 12.0. The Balaban J connectivity index is 2.27. The molecule has 0 atom stereocenters. The van der Waals surface area contributed by atoms with Gasteiger partial charge in [-0.05, 0) is 23.4 Å². The van der Waals surface area contributed by atoms with Crippen molar-refractivity contribution in [1.29, 1.82) is 0 Å². The third-order valence-electron chi connectivity index (χ3n) is 2.38. The summed E-state index contributed by atoms with van der Waals surface area (Å²) in [5.41, 5.74) is 0.902. The lowest BCUT2D eigenvalue weighted by atomic mass is 10.2. The average Bonchev–Trinajstić information content (AvgIpc) is 2.67. The molecule has 0 amide bonds. The number of hydrogen-bond donors (Lipinski definition) is 1. The van der Waals surface area contributed by atoms with Crippen LogP contribution in [0.25, 0.3) is 11.0 Å². The van der Waals surface area contributed by atoms with E-state index in [1.165, 1.54) is 0 Å². The highest BCUT2D eigenvalue weighted by atomic mass is 32.2. The summed E-state index contributed by atoms with van der Waals surface area (Å²) in [7, 11) is 0. The van der Waals surface area contributed by atoms with Crippen LogP contribution >= 0.6 is 11.8 Å². The van der Waals surface area contributed by atoms with Gasteiger partial charge in [-0.15, -0.1) is 0 Å². The Bertz CT molecular complexity index is 543. The van der Waals surface area contributed by atoms with Crippen molar-refractivity contribution >= 4 is 28.7 Å². The number of furan rings is 1. The zero-order chi connectivity index (χ0) is 12.4. The predicted molar refractivity (Wildman–Crippen MR) is 69.6 cm³/mol. The minimum absolute atomic E-state index is 0.259. The largest absolute Gasteiger partial charge is 0.478 e. The minimum atomic E-state index is -0.929. The highest BCUT2D eigenvalue weighted by molar-refractivity contribution is 7.99. The van der Waals surface area contributed by atoms with Gasteiger partial charge in [0.1, 0.15) is 11.3 Å². The molecule has 0 saturated carbocycles. The Morgan fingerprint density at radius 3 is 2.82 bits per heavy atom. The van der Waals surface area contributed by atoms with E-state index in [0.29, 0.717) is 10.8 Å². The fourth-order valence-electron chi connectivity index (χ4n) is 1.54. The molecule has 0 spiro atoms. The summed E-state index contributed by atoms with van der Waals surface area (Å²) in [5, 5.41) is 10.4. The molecule has 0 saturated heterocycles. The van der Waals surface area contributed by atoms with E-state index in [1.54, 1.807) is 30.0 Å². The molecule has 0 unspecified atom stereocenters. The number of carboxylic acids is 1. The zero-order valence-electron chi connectivity index (χ0n) is 9.77. The molecule has 3 nitrogen and oxygen atoms in total. The molecule has 0 bridgehead atoms. The van der Waals surface area contributed by atoms with E-state index in [2.05, 4.69) is 13.8 Å². The van der Waals surface area contributed by atoms with E-state index in [4.69, 9.17) is 9.52 Å². The number of carboxylic acid groups (broad SMARTS) is 1. The van der Waals surface area contributed by atoms with Crippen LogP contribution in [0.1, 0.15) is 30.0 Å². The first-order chi connectivity index (χ1) is 8.06. The van der Waals surface area contributed by atoms with Crippen LogP contribution in [0.15, 0.2) is 28.7 Å². The van der Waals surface area contributed by atoms with E-state index in [-0.39, 0.29) is 5.56 Å². The number of aromatic carboxylic acids is 1. The molecule has 1 aromatic carbocycles. The van der Waals surface area contributed by atoms with Gasteiger partial charge in [0.05, 0.1) is 11.3 Å². The van der Waals surface area contributed by atoms with Crippen LogP contribution in [-0.4, -0.2) is 16.3 Å². The van der Waals surface area contributed by atoms with Crippen LogP contribution in [0.4, 0.5) is 0 Å². The van der Waals surface area contributed by atoms with Crippen molar-refractivity contribution in [2.24, 2.45) is 0 Å². The Kier molecular flexibility index (Phi) is 3.43. The Hall–Kier alpha value is -1.42. The van der Waals surface area contributed by atoms with Crippen LogP contribution in [0.3, 0.4) is 0 Å². The van der Waals surface area contributed by atoms with E-state index >= 15 is 0 Å². The van der Waals surface area contributed by atoms with Crippen molar-refractivity contribution in [3.8, 4) is 0 Å². The van der Waals surface area contributed by atoms with Crippen LogP contribution in [0.5, 0.6) is 0 Å². The first-order valence-electron chi connectivity index (χ1n) is 5.43. The van der Waals surface area contributed by atoms with Gasteiger partial charge in [0.2, 0.25) is 0 Å². The SMILES string of the molecule is CC(C)SCc1cc2ccc(C(=O)O)cc2o1. The molecule has 0 fully saturated rings. The molecule has 4 heteroatoms. The maximum Gasteiger partial charge on any atom is 0.335 e. The van der Waals surface area contributed by atoms with Crippen molar-refractivity contribution in [2.45, 2.75) is 24.9 Å². The van der Waals surface area contributed by atoms with Crippen LogP contribution < -0.4 is 0 Å². The maximum atomic E-state index is 10.8. The molecule has 90 valence electrons. The van der Waals surface area contributed by atoms with Gasteiger partial charge in [-0.2, -0.15) is 11.8 Å². The van der Waals surface area contributed by atoms with Gasteiger partial charge in [-0.3, -0.25) is 0 Å². The second-order valence-electron chi connectivity index (χ2n) is 4.13. The van der Waals surface area contributed by atoms with Gasteiger partial charge >= 0.3 is 5.97 Å². The molecule has 1 aromatic heterocycles. The van der Waals surface area contributed by atoms with Crippen molar-refractivity contribution in [3.63, 3.8) is 0 Å². The van der Waals surface area contributed by atoms with Gasteiger partial charge < -0.3 is 9.52 Å². The summed E-state index contributed by atoms with van der Waals surface area (Å²) < 4.78 is 5.63. The lowest BCUT2D eigenvalue weighted by Gasteiger charge is -2.00. The molecular weight excluding hydrogens is 236 g/mol. The summed E-state index contributed by atoms with van der Waals surface area (Å²) in [6.07, 6.45) is 0. The molecular formula is C13H14O3S. The van der Waals surface area contributed by atoms with Crippen LogP contribution in [-0.2, 0) is 5.75 Å². The number of hydrogen-bond acceptors (Lipinski definition) is 3. The minimum Gasteiger partial charge on any atom is -0.478 e. The monoisotopic (exact) mass is 250 g/mol. The fraction of sp³-hybridized carbons (Fsp3) is 0.308. The molecule has 0 aliphatic rings. The molecule has 1 heterocycles. The number of rotatable bonds is 4. The predicted octanol–water partition coefficient (Wildman–Crippen LogP) is 3.77. The third kappa shape index (κ3) is 2.82. The van der Waals surface area contributed by atoms with Crippen molar-refractivity contribution in [3.05, 3.63) is 35.6 Å². The second kappa shape index (κ2) is 4.84. The normalized spacial score (nSPS) is 11.2. The van der Waals surface area contributed by atoms with Crippen molar-refractivity contribution < 1.29 is 14.3 Å². The van der Waals surface area contributed by atoms with E-state index in [0.717, 1.165) is 16.9 Å². The summed E-state index contributed by atoms with van der Waals surface area (Å²) in [4.78, 5) is 10.8. The highest BCUT2D eigenvalue weighted by Crippen LogP contribution is 2.25. The van der Waals surface area contributed by atoms with Gasteiger partial charge in [0, 0.05) is 5.39 Å². The first-order valence-corrected chi connectivity index (χ1v) is 6.48. The maximum absolute atomic E-state index is 10.8. The summed E-state index contributed by atoms with van der Waals surface area (Å²) in [6, 6.07) is 6.92. The quantitative estimate of drug-likeness (QED) is 0.897. The van der Waals surface area contributed by atoms with Gasteiger partial charge in [0.25, 0.3) is 0 Å². The summed E-state index contributed by atoms with van der Waals surface area (Å²) in [6.45, 7) is 4.27. The van der Waals surface area contributed by atoms with Crippen molar-refractivity contribution in [1.82, 2.24) is 0 Å². The number of thioether (sulfide) groups is 1. The fourth-order valence-corrected chi connectivity index (χ4v) is 2.18. The topological polar surface area (TPSA) is 50.4 Å². The Morgan fingerprint density at radius 1 is 1.41 bits per heavy atom. The molecule has 0 aliphatic carbocycles. The second-order valence-corrected chi connectivity index (χ2v) is 5.70. The highest BCUT2D eigenvalue weighted by Gasteiger charge is 2.08. The zero-order valence-corrected chi connectivity index (χ0v) is 10.6. The third-order valence-corrected chi connectivity index (χ3v) is 3.49. The number of benzene rings is 1. The van der Waals surface area contributed by atoms with Gasteiger partial charge in [-0.1, -0.05) is 19.9 Å². The van der Waals surface area contributed by atoms with E-state index in [9.17, 15) is 4.79 Å². The number of carbonyl (C=O) groups is 1. The average molecular weight is 250 g/mol.